The molecular formula is C15H25N3O3S. The van der Waals surface area contributed by atoms with Gasteiger partial charge < -0.3 is 15.0 Å². The van der Waals surface area contributed by atoms with Gasteiger partial charge >= 0.3 is 0 Å². The molecule has 1 aliphatic heterocycles. The van der Waals surface area contributed by atoms with Crippen molar-refractivity contribution in [1.82, 2.24) is 9.62 Å². The first-order chi connectivity index (χ1) is 10.5. The Morgan fingerprint density at radius 3 is 2.77 bits per heavy atom. The Hall–Kier alpha value is -1.31. The molecule has 0 bridgehead atoms. The zero-order chi connectivity index (χ0) is 16.2. The van der Waals surface area contributed by atoms with E-state index in [1.807, 2.05) is 6.92 Å². The first kappa shape index (κ1) is 17.1. The SMILES string of the molecule is CCN(CC)CCNS(=O)(=O)c1ccc2c(c1)NCC(C)O2. The van der Waals surface area contributed by atoms with Crippen LogP contribution in [0.3, 0.4) is 0 Å². The Bertz CT molecular complexity index is 600. The highest BCUT2D eigenvalue weighted by atomic mass is 32.2. The predicted molar refractivity (Wildman–Crippen MR) is 88.0 cm³/mol. The monoisotopic (exact) mass is 327 g/mol. The second-order valence-electron chi connectivity index (χ2n) is 5.39. The highest BCUT2D eigenvalue weighted by molar-refractivity contribution is 7.89. The lowest BCUT2D eigenvalue weighted by Gasteiger charge is -2.25. The van der Waals surface area contributed by atoms with E-state index in [0.717, 1.165) is 18.8 Å². The van der Waals surface area contributed by atoms with Gasteiger partial charge in [-0.1, -0.05) is 13.8 Å². The summed E-state index contributed by atoms with van der Waals surface area (Å²) >= 11 is 0. The third kappa shape index (κ3) is 4.12. The smallest absolute Gasteiger partial charge is 0.240 e. The van der Waals surface area contributed by atoms with Gasteiger partial charge in [-0.25, -0.2) is 13.1 Å². The van der Waals surface area contributed by atoms with Crippen LogP contribution in [0.4, 0.5) is 5.69 Å². The molecule has 22 heavy (non-hydrogen) atoms. The fourth-order valence-electron chi connectivity index (χ4n) is 2.39. The van der Waals surface area contributed by atoms with Gasteiger partial charge in [-0.3, -0.25) is 0 Å². The van der Waals surface area contributed by atoms with Crippen molar-refractivity contribution in [3.63, 3.8) is 0 Å². The van der Waals surface area contributed by atoms with Crippen LogP contribution in [0.15, 0.2) is 23.1 Å². The van der Waals surface area contributed by atoms with Gasteiger partial charge in [0.15, 0.2) is 0 Å². The molecule has 0 radical (unpaired) electrons. The summed E-state index contributed by atoms with van der Waals surface area (Å²) in [5.41, 5.74) is 0.727. The van der Waals surface area contributed by atoms with E-state index in [4.69, 9.17) is 4.74 Å². The zero-order valence-corrected chi connectivity index (χ0v) is 14.2. The van der Waals surface area contributed by atoms with E-state index in [1.165, 1.54) is 0 Å². The summed E-state index contributed by atoms with van der Waals surface area (Å²) in [6, 6.07) is 4.91. The number of fused-ring (bicyclic) bond motifs is 1. The number of hydrogen-bond acceptors (Lipinski definition) is 5. The van der Waals surface area contributed by atoms with E-state index in [1.54, 1.807) is 18.2 Å². The molecule has 1 aromatic carbocycles. The number of ether oxygens (including phenoxy) is 1. The Morgan fingerprint density at radius 2 is 2.09 bits per heavy atom. The maximum absolute atomic E-state index is 12.3. The van der Waals surface area contributed by atoms with E-state index in [0.29, 0.717) is 25.4 Å². The van der Waals surface area contributed by atoms with Crippen LogP contribution in [0.1, 0.15) is 20.8 Å². The predicted octanol–water partition coefficient (Wildman–Crippen LogP) is 1.50. The summed E-state index contributed by atoms with van der Waals surface area (Å²) in [7, 11) is -3.49. The lowest BCUT2D eigenvalue weighted by molar-refractivity contribution is 0.226. The van der Waals surface area contributed by atoms with Crippen LogP contribution in [-0.2, 0) is 10.0 Å². The van der Waals surface area contributed by atoms with Gasteiger partial charge in [0.05, 0.1) is 17.1 Å². The van der Waals surface area contributed by atoms with Crippen molar-refractivity contribution in [2.45, 2.75) is 31.8 Å². The minimum Gasteiger partial charge on any atom is -0.487 e. The van der Waals surface area contributed by atoms with Crippen molar-refractivity contribution >= 4 is 15.7 Å². The molecule has 1 atom stereocenters. The molecule has 0 amide bonds. The molecule has 2 N–H and O–H groups in total. The number of sulfonamides is 1. The standard InChI is InChI=1S/C15H25N3O3S/c1-4-18(5-2)9-8-17-22(19,20)13-6-7-15-14(10-13)16-11-12(3)21-15/h6-7,10,12,16-17H,4-5,8-9,11H2,1-3H3. The molecule has 124 valence electrons. The third-order valence-electron chi connectivity index (χ3n) is 3.78. The Kier molecular flexibility index (Phi) is 5.66. The topological polar surface area (TPSA) is 70.7 Å². The number of benzene rings is 1. The highest BCUT2D eigenvalue weighted by Crippen LogP contribution is 2.31. The number of hydrogen-bond donors (Lipinski definition) is 2. The van der Waals surface area contributed by atoms with Crippen LogP contribution in [-0.4, -0.2) is 52.1 Å². The van der Waals surface area contributed by atoms with Crippen molar-refractivity contribution < 1.29 is 13.2 Å². The molecular weight excluding hydrogens is 302 g/mol. The first-order valence-electron chi connectivity index (χ1n) is 7.73. The molecule has 0 aliphatic carbocycles. The normalized spacial score (nSPS) is 17.7. The van der Waals surface area contributed by atoms with Gasteiger partial charge in [-0.15, -0.1) is 0 Å². The van der Waals surface area contributed by atoms with Crippen LogP contribution < -0.4 is 14.8 Å². The van der Waals surface area contributed by atoms with Crippen LogP contribution in [0.2, 0.25) is 0 Å². The van der Waals surface area contributed by atoms with Crippen molar-refractivity contribution in [1.29, 1.82) is 0 Å². The number of nitrogens with one attached hydrogen (secondary N) is 2. The number of anilines is 1. The second kappa shape index (κ2) is 7.30. The third-order valence-corrected chi connectivity index (χ3v) is 5.24. The Morgan fingerprint density at radius 1 is 1.36 bits per heavy atom. The Labute approximate surface area is 132 Å². The van der Waals surface area contributed by atoms with E-state index in [2.05, 4.69) is 28.8 Å². The van der Waals surface area contributed by atoms with Gasteiger partial charge in [-0.05, 0) is 38.2 Å². The molecule has 0 fully saturated rings. The molecule has 2 rings (SSSR count). The average Bonchev–Trinajstić information content (AvgIpc) is 2.51. The van der Waals surface area contributed by atoms with Crippen LogP contribution in [0.5, 0.6) is 5.75 Å². The Balaban J connectivity index is 2.03. The maximum Gasteiger partial charge on any atom is 0.240 e. The molecule has 7 heteroatoms. The summed E-state index contributed by atoms with van der Waals surface area (Å²) < 4.78 is 33.0. The molecule has 6 nitrogen and oxygen atoms in total. The molecule has 0 saturated carbocycles. The van der Waals surface area contributed by atoms with Crippen molar-refractivity contribution in [3.8, 4) is 5.75 Å². The zero-order valence-electron chi connectivity index (χ0n) is 13.4. The van der Waals surface area contributed by atoms with E-state index >= 15 is 0 Å². The van der Waals surface area contributed by atoms with E-state index in [9.17, 15) is 8.42 Å². The minimum atomic E-state index is -3.49. The van der Waals surface area contributed by atoms with Crippen molar-refractivity contribution in [2.75, 3.05) is 38.0 Å². The van der Waals surface area contributed by atoms with Crippen molar-refractivity contribution in [2.24, 2.45) is 0 Å². The largest absolute Gasteiger partial charge is 0.487 e. The van der Waals surface area contributed by atoms with Gasteiger partial charge in [0.2, 0.25) is 10.0 Å². The van der Waals surface area contributed by atoms with Crippen LogP contribution in [0, 0.1) is 0 Å². The number of likely N-dealkylation sites (N-methyl/N-ethyl adjacent to an activating group) is 1. The highest BCUT2D eigenvalue weighted by Gasteiger charge is 2.20. The van der Waals surface area contributed by atoms with Crippen LogP contribution >= 0.6 is 0 Å². The van der Waals surface area contributed by atoms with Crippen LogP contribution in [0.25, 0.3) is 0 Å². The molecule has 1 heterocycles. The quantitative estimate of drug-likeness (QED) is 0.794. The summed E-state index contributed by atoms with van der Waals surface area (Å²) in [6.45, 7) is 9.70. The summed E-state index contributed by atoms with van der Waals surface area (Å²) in [4.78, 5) is 2.43. The summed E-state index contributed by atoms with van der Waals surface area (Å²) in [6.07, 6.45) is 0.0853. The number of rotatable bonds is 7. The van der Waals surface area contributed by atoms with Gasteiger partial charge in [0.25, 0.3) is 0 Å². The minimum absolute atomic E-state index is 0.0853. The first-order valence-corrected chi connectivity index (χ1v) is 9.21. The lowest BCUT2D eigenvalue weighted by atomic mass is 10.2. The summed E-state index contributed by atoms with van der Waals surface area (Å²) in [5, 5.41) is 3.19. The molecule has 0 saturated heterocycles. The molecule has 1 aromatic rings. The number of nitrogens with zero attached hydrogens (tertiary/aromatic N) is 1. The van der Waals surface area contributed by atoms with Crippen molar-refractivity contribution in [3.05, 3.63) is 18.2 Å². The van der Waals surface area contributed by atoms with E-state index in [-0.39, 0.29) is 11.0 Å². The van der Waals surface area contributed by atoms with Gasteiger partial charge in [-0.2, -0.15) is 0 Å². The molecule has 0 spiro atoms. The molecule has 0 aromatic heterocycles. The lowest BCUT2D eigenvalue weighted by Crippen LogP contribution is -2.35. The van der Waals surface area contributed by atoms with Gasteiger partial charge in [0, 0.05) is 13.1 Å². The van der Waals surface area contributed by atoms with E-state index < -0.39 is 10.0 Å². The van der Waals surface area contributed by atoms with Gasteiger partial charge in [0.1, 0.15) is 11.9 Å². The maximum atomic E-state index is 12.3. The average molecular weight is 327 g/mol. The fourth-order valence-corrected chi connectivity index (χ4v) is 3.44. The second-order valence-corrected chi connectivity index (χ2v) is 7.16. The molecule has 1 unspecified atom stereocenters. The fraction of sp³-hybridized carbons (Fsp3) is 0.600. The summed E-state index contributed by atoms with van der Waals surface area (Å²) in [5.74, 6) is 0.695. The molecule has 1 aliphatic rings.